The molecule has 0 bridgehead atoms. The van der Waals surface area contributed by atoms with E-state index in [4.69, 9.17) is 0 Å². The number of carbonyl (C=O) groups excluding carboxylic acids is 2. The van der Waals surface area contributed by atoms with Crippen LogP contribution in [0.1, 0.15) is 54.2 Å². The van der Waals surface area contributed by atoms with Crippen molar-refractivity contribution < 1.29 is 9.59 Å². The first kappa shape index (κ1) is 12.3. The number of aryl methyl sites for hydroxylation is 1. The first-order valence-corrected chi connectivity index (χ1v) is 6.81. The second-order valence-electron chi connectivity index (χ2n) is 6.49. The monoisotopic (exact) mass is 254 g/mol. The van der Waals surface area contributed by atoms with Crippen LogP contribution in [0.3, 0.4) is 0 Å². The summed E-state index contributed by atoms with van der Waals surface area (Å²) in [4.78, 5) is 24.2. The molecule has 0 atom stereocenters. The van der Waals surface area contributed by atoms with E-state index in [2.05, 4.69) is 19.9 Å². The van der Waals surface area contributed by atoms with Crippen molar-refractivity contribution in [2.24, 2.45) is 5.41 Å². The number of hydrogen-bond acceptors (Lipinski definition) is 2. The van der Waals surface area contributed by atoms with Crippen LogP contribution in [0.2, 0.25) is 0 Å². The first-order valence-electron chi connectivity index (χ1n) is 6.81. The highest BCUT2D eigenvalue weighted by atomic mass is 16.2. The minimum Gasteiger partial charge on any atom is -0.285 e. The molecule has 19 heavy (non-hydrogen) atoms. The summed E-state index contributed by atoms with van der Waals surface area (Å²) in [6.45, 7) is 6.17. The van der Waals surface area contributed by atoms with E-state index in [-0.39, 0.29) is 17.0 Å². The molecule has 3 rings (SSSR count). The van der Waals surface area contributed by atoms with Crippen LogP contribution >= 0.6 is 0 Å². The molecule has 0 saturated heterocycles. The maximum absolute atomic E-state index is 12.3. The van der Waals surface area contributed by atoms with E-state index < -0.39 is 0 Å². The van der Waals surface area contributed by atoms with Crippen molar-refractivity contribution in [2.45, 2.75) is 40.0 Å². The number of Topliss-reactive ketones (excluding diaryl/α,β-unsaturated/α-hetero) is 2. The Morgan fingerprint density at radius 3 is 2.58 bits per heavy atom. The quantitative estimate of drug-likeness (QED) is 0.665. The predicted octanol–water partition coefficient (Wildman–Crippen LogP) is 3.37. The summed E-state index contributed by atoms with van der Waals surface area (Å²) in [6, 6.07) is 4.11. The van der Waals surface area contributed by atoms with Gasteiger partial charge in [0.1, 0.15) is 0 Å². The van der Waals surface area contributed by atoms with Gasteiger partial charge in [0.15, 0.2) is 0 Å². The molecule has 0 aliphatic heterocycles. The number of allylic oxidation sites excluding steroid dienone is 1. The molecule has 0 fully saturated rings. The fourth-order valence-electron chi connectivity index (χ4n) is 3.17. The molecular weight excluding hydrogens is 236 g/mol. The van der Waals surface area contributed by atoms with Crippen LogP contribution in [-0.2, 0) is 17.6 Å². The zero-order valence-electron chi connectivity index (χ0n) is 11.7. The summed E-state index contributed by atoms with van der Waals surface area (Å²) in [6.07, 6.45) is 4.87. The highest BCUT2D eigenvalue weighted by Gasteiger charge is 2.33. The summed E-state index contributed by atoms with van der Waals surface area (Å²) < 4.78 is 0. The molecule has 2 nitrogen and oxygen atoms in total. The molecule has 2 aliphatic rings. The van der Waals surface area contributed by atoms with Crippen molar-refractivity contribution in [3.63, 3.8) is 0 Å². The van der Waals surface area contributed by atoms with Gasteiger partial charge in [0, 0.05) is 11.1 Å². The lowest BCUT2D eigenvalue weighted by atomic mass is 9.71. The minimum atomic E-state index is -0.343. The molecule has 0 amide bonds. The SMILES string of the molecule is CC1=Cc2ccc3c(c2C(=O)C1=O)CC(C)(C)CC3. The van der Waals surface area contributed by atoms with Gasteiger partial charge in [-0.3, -0.25) is 9.59 Å². The molecule has 0 aromatic heterocycles. The Balaban J connectivity index is 2.24. The maximum Gasteiger partial charge on any atom is 0.234 e. The molecule has 1 aromatic rings. The van der Waals surface area contributed by atoms with Gasteiger partial charge < -0.3 is 0 Å². The smallest absolute Gasteiger partial charge is 0.234 e. The van der Waals surface area contributed by atoms with Crippen LogP contribution < -0.4 is 0 Å². The molecule has 1 aromatic carbocycles. The Bertz CT molecular complexity index is 633. The average Bonchev–Trinajstić information content (AvgIpc) is 2.34. The molecule has 0 saturated carbocycles. The van der Waals surface area contributed by atoms with Gasteiger partial charge in [0.2, 0.25) is 11.6 Å². The molecule has 0 radical (unpaired) electrons. The summed E-state index contributed by atoms with van der Waals surface area (Å²) in [5.41, 5.74) is 4.69. The Hall–Kier alpha value is -1.70. The second-order valence-corrected chi connectivity index (χ2v) is 6.49. The van der Waals surface area contributed by atoms with Gasteiger partial charge in [-0.25, -0.2) is 0 Å². The second kappa shape index (κ2) is 3.89. The molecular formula is C17H18O2. The third-order valence-electron chi connectivity index (χ3n) is 4.33. The van der Waals surface area contributed by atoms with Crippen LogP contribution in [-0.4, -0.2) is 11.6 Å². The Morgan fingerprint density at radius 2 is 1.84 bits per heavy atom. The normalized spacial score (nSPS) is 20.7. The molecule has 0 unspecified atom stereocenters. The van der Waals surface area contributed by atoms with Crippen LogP contribution in [0.25, 0.3) is 6.08 Å². The number of ketones is 2. The number of carbonyl (C=O) groups is 2. The first-order chi connectivity index (χ1) is 8.89. The van der Waals surface area contributed by atoms with Crippen molar-refractivity contribution in [2.75, 3.05) is 0 Å². The van der Waals surface area contributed by atoms with Gasteiger partial charge in [-0.15, -0.1) is 0 Å². The fourth-order valence-corrected chi connectivity index (χ4v) is 3.17. The van der Waals surface area contributed by atoms with E-state index >= 15 is 0 Å². The molecule has 0 spiro atoms. The molecule has 2 aliphatic carbocycles. The maximum atomic E-state index is 12.3. The molecule has 0 heterocycles. The molecule has 98 valence electrons. The third-order valence-corrected chi connectivity index (χ3v) is 4.33. The van der Waals surface area contributed by atoms with Crippen LogP contribution in [0, 0.1) is 5.41 Å². The predicted molar refractivity (Wildman–Crippen MR) is 75.2 cm³/mol. The van der Waals surface area contributed by atoms with E-state index in [1.165, 1.54) is 5.56 Å². The van der Waals surface area contributed by atoms with E-state index in [1.54, 1.807) is 6.92 Å². The van der Waals surface area contributed by atoms with E-state index in [0.717, 1.165) is 30.4 Å². The lowest BCUT2D eigenvalue weighted by molar-refractivity contribution is -0.111. The topological polar surface area (TPSA) is 34.1 Å². The Kier molecular flexibility index (Phi) is 2.53. The summed E-state index contributed by atoms with van der Waals surface area (Å²) in [7, 11) is 0. The van der Waals surface area contributed by atoms with E-state index in [1.807, 2.05) is 12.1 Å². The van der Waals surface area contributed by atoms with Crippen LogP contribution in [0.15, 0.2) is 17.7 Å². The van der Waals surface area contributed by atoms with E-state index in [9.17, 15) is 9.59 Å². The lowest BCUT2D eigenvalue weighted by Crippen LogP contribution is -2.28. The van der Waals surface area contributed by atoms with Crippen molar-refractivity contribution in [3.8, 4) is 0 Å². The minimum absolute atomic E-state index is 0.210. The van der Waals surface area contributed by atoms with Crippen molar-refractivity contribution in [3.05, 3.63) is 40.0 Å². The largest absolute Gasteiger partial charge is 0.285 e. The highest BCUT2D eigenvalue weighted by Crippen LogP contribution is 2.39. The number of benzene rings is 1. The summed E-state index contributed by atoms with van der Waals surface area (Å²) >= 11 is 0. The summed E-state index contributed by atoms with van der Waals surface area (Å²) in [5.74, 6) is -0.658. The number of rotatable bonds is 0. The van der Waals surface area contributed by atoms with Gasteiger partial charge in [-0.1, -0.05) is 26.0 Å². The van der Waals surface area contributed by atoms with E-state index in [0.29, 0.717) is 11.1 Å². The highest BCUT2D eigenvalue weighted by molar-refractivity contribution is 6.51. The van der Waals surface area contributed by atoms with Gasteiger partial charge in [0.25, 0.3) is 0 Å². The van der Waals surface area contributed by atoms with Gasteiger partial charge in [-0.2, -0.15) is 0 Å². The third kappa shape index (κ3) is 1.86. The van der Waals surface area contributed by atoms with Gasteiger partial charge in [0.05, 0.1) is 0 Å². The molecule has 2 heteroatoms. The standard InChI is InChI=1S/C17H18O2/c1-10-8-12-5-4-11-6-7-17(2,3)9-13(11)14(12)16(19)15(10)18/h4-5,8H,6-7,9H2,1-3H3. The van der Waals surface area contributed by atoms with Crippen molar-refractivity contribution in [1.82, 2.24) is 0 Å². The van der Waals surface area contributed by atoms with Crippen molar-refractivity contribution in [1.29, 1.82) is 0 Å². The van der Waals surface area contributed by atoms with Crippen LogP contribution in [0.4, 0.5) is 0 Å². The van der Waals surface area contributed by atoms with Crippen molar-refractivity contribution >= 4 is 17.6 Å². The number of fused-ring (bicyclic) bond motifs is 3. The zero-order valence-corrected chi connectivity index (χ0v) is 11.7. The van der Waals surface area contributed by atoms with Gasteiger partial charge >= 0.3 is 0 Å². The average molecular weight is 254 g/mol. The van der Waals surface area contributed by atoms with Crippen LogP contribution in [0.5, 0.6) is 0 Å². The zero-order chi connectivity index (χ0) is 13.8. The lowest BCUT2D eigenvalue weighted by Gasteiger charge is -2.33. The van der Waals surface area contributed by atoms with Gasteiger partial charge in [-0.05, 0) is 54.4 Å². The number of hydrogen-bond donors (Lipinski definition) is 0. The molecule has 0 N–H and O–H groups in total. The Morgan fingerprint density at radius 1 is 1.11 bits per heavy atom. The summed E-state index contributed by atoms with van der Waals surface area (Å²) in [5, 5.41) is 0. The fraction of sp³-hybridized carbons (Fsp3) is 0.412. The Labute approximate surface area is 113 Å².